The Bertz CT molecular complexity index is 581. The lowest BCUT2D eigenvalue weighted by Crippen LogP contribution is -2.02. The highest BCUT2D eigenvalue weighted by atomic mass is 16.5. The van der Waals surface area contributed by atoms with Gasteiger partial charge in [0.2, 0.25) is 0 Å². The number of hydrogen-bond acceptors (Lipinski definition) is 4. The number of rotatable bonds is 6. The number of pyridine rings is 1. The van der Waals surface area contributed by atoms with Gasteiger partial charge in [0.1, 0.15) is 5.75 Å². The molecule has 5 nitrogen and oxygen atoms in total. The van der Waals surface area contributed by atoms with E-state index in [9.17, 15) is 4.79 Å². The van der Waals surface area contributed by atoms with E-state index >= 15 is 0 Å². The van der Waals surface area contributed by atoms with Crippen molar-refractivity contribution in [3.63, 3.8) is 0 Å². The molecule has 0 radical (unpaired) electrons. The second kappa shape index (κ2) is 6.68. The molecular weight excluding hydrogens is 258 g/mol. The van der Waals surface area contributed by atoms with Gasteiger partial charge < -0.3 is 14.6 Å². The molecule has 1 heterocycles. The van der Waals surface area contributed by atoms with Gasteiger partial charge in [0, 0.05) is 13.3 Å². The topological polar surface area (TPSA) is 68.7 Å². The van der Waals surface area contributed by atoms with E-state index < -0.39 is 5.97 Å². The van der Waals surface area contributed by atoms with Crippen molar-refractivity contribution in [2.75, 3.05) is 13.7 Å². The van der Waals surface area contributed by atoms with Crippen LogP contribution >= 0.6 is 0 Å². The van der Waals surface area contributed by atoms with Gasteiger partial charge >= 0.3 is 5.97 Å². The highest BCUT2D eigenvalue weighted by molar-refractivity contribution is 5.88. The Morgan fingerprint density at radius 3 is 2.65 bits per heavy atom. The van der Waals surface area contributed by atoms with Crippen molar-refractivity contribution in [1.82, 2.24) is 4.98 Å². The van der Waals surface area contributed by atoms with Gasteiger partial charge in [-0.2, -0.15) is 0 Å². The van der Waals surface area contributed by atoms with E-state index in [1.807, 2.05) is 12.1 Å². The summed E-state index contributed by atoms with van der Waals surface area (Å²) in [5.74, 6) is -0.316. The van der Waals surface area contributed by atoms with E-state index in [-0.39, 0.29) is 11.4 Å². The van der Waals surface area contributed by atoms with Crippen molar-refractivity contribution in [2.24, 2.45) is 0 Å². The summed E-state index contributed by atoms with van der Waals surface area (Å²) in [7, 11) is 1.66. The van der Waals surface area contributed by atoms with Crippen molar-refractivity contribution in [3.8, 4) is 11.5 Å². The number of benzene rings is 1. The maximum absolute atomic E-state index is 11.0. The number of nitrogens with zero attached hydrogens (tertiary/aromatic N) is 1. The first kappa shape index (κ1) is 14.0. The number of carboxylic acids is 1. The van der Waals surface area contributed by atoms with Gasteiger partial charge in [0.25, 0.3) is 0 Å². The predicted molar refractivity (Wildman–Crippen MR) is 73.3 cm³/mol. The summed E-state index contributed by atoms with van der Waals surface area (Å²) in [5, 5.41) is 9.03. The number of aromatic nitrogens is 1. The van der Waals surface area contributed by atoms with E-state index in [0.29, 0.717) is 12.4 Å². The van der Waals surface area contributed by atoms with Gasteiger partial charge in [-0.25, -0.2) is 9.78 Å². The smallest absolute Gasteiger partial charge is 0.358 e. The molecule has 0 amide bonds. The van der Waals surface area contributed by atoms with Gasteiger partial charge in [0.05, 0.1) is 6.61 Å². The molecule has 20 heavy (non-hydrogen) atoms. The molecule has 0 saturated carbocycles. The Labute approximate surface area is 116 Å². The summed E-state index contributed by atoms with van der Waals surface area (Å²) in [6, 6.07) is 10.6. The summed E-state index contributed by atoms with van der Waals surface area (Å²) in [6.07, 6.45) is 2.24. The lowest BCUT2D eigenvalue weighted by atomic mass is 10.1. The van der Waals surface area contributed by atoms with Crippen molar-refractivity contribution in [1.29, 1.82) is 0 Å². The molecule has 104 valence electrons. The minimum Gasteiger partial charge on any atom is -0.476 e. The Morgan fingerprint density at radius 1 is 1.25 bits per heavy atom. The summed E-state index contributed by atoms with van der Waals surface area (Å²) >= 11 is 0. The van der Waals surface area contributed by atoms with Crippen LogP contribution in [0.1, 0.15) is 16.1 Å². The molecule has 1 aromatic carbocycles. The minimum atomic E-state index is -1.11. The highest BCUT2D eigenvalue weighted by Gasteiger charge is 2.12. The zero-order valence-corrected chi connectivity index (χ0v) is 11.1. The summed E-state index contributed by atoms with van der Waals surface area (Å²) in [5.41, 5.74) is 1.03. The van der Waals surface area contributed by atoms with Gasteiger partial charge in [-0.1, -0.05) is 12.1 Å². The first-order valence-corrected chi connectivity index (χ1v) is 6.14. The molecule has 0 bridgehead atoms. The van der Waals surface area contributed by atoms with Crippen LogP contribution in [0.5, 0.6) is 11.5 Å². The first-order valence-electron chi connectivity index (χ1n) is 6.14. The number of carboxylic acid groups (broad SMARTS) is 1. The predicted octanol–water partition coefficient (Wildman–Crippen LogP) is 2.76. The van der Waals surface area contributed by atoms with Crippen LogP contribution in [0, 0.1) is 0 Å². The molecule has 0 saturated heterocycles. The Morgan fingerprint density at radius 2 is 2.00 bits per heavy atom. The van der Waals surface area contributed by atoms with E-state index in [0.717, 1.165) is 12.0 Å². The van der Waals surface area contributed by atoms with E-state index in [2.05, 4.69) is 4.98 Å². The second-order valence-corrected chi connectivity index (χ2v) is 4.14. The standard InChI is InChI=1S/C15H15NO4/c1-19-10-8-11-4-6-12(7-5-11)20-13-3-2-9-16-14(13)15(17)18/h2-7,9H,8,10H2,1H3,(H,17,18). The monoisotopic (exact) mass is 273 g/mol. The van der Waals surface area contributed by atoms with Crippen LogP contribution in [0.2, 0.25) is 0 Å². The summed E-state index contributed by atoms with van der Waals surface area (Å²) in [4.78, 5) is 14.8. The van der Waals surface area contributed by atoms with Gasteiger partial charge in [-0.15, -0.1) is 0 Å². The lowest BCUT2D eigenvalue weighted by molar-refractivity contribution is 0.0687. The fourth-order valence-electron chi connectivity index (χ4n) is 1.70. The highest BCUT2D eigenvalue weighted by Crippen LogP contribution is 2.24. The zero-order valence-electron chi connectivity index (χ0n) is 11.1. The second-order valence-electron chi connectivity index (χ2n) is 4.14. The molecule has 5 heteroatoms. The molecule has 0 aliphatic heterocycles. The Kier molecular flexibility index (Phi) is 4.68. The quantitative estimate of drug-likeness (QED) is 0.876. The molecule has 0 spiro atoms. The van der Waals surface area contributed by atoms with Crippen molar-refractivity contribution in [2.45, 2.75) is 6.42 Å². The molecule has 0 atom stereocenters. The van der Waals surface area contributed by atoms with Crippen LogP contribution in [0.3, 0.4) is 0 Å². The fraction of sp³-hybridized carbons (Fsp3) is 0.200. The van der Waals surface area contributed by atoms with E-state index in [1.54, 1.807) is 31.4 Å². The number of carbonyl (C=O) groups is 1. The van der Waals surface area contributed by atoms with Crippen molar-refractivity contribution < 1.29 is 19.4 Å². The van der Waals surface area contributed by atoms with Crippen LogP contribution in [0.25, 0.3) is 0 Å². The molecule has 0 fully saturated rings. The maximum Gasteiger partial charge on any atom is 0.358 e. The fourth-order valence-corrected chi connectivity index (χ4v) is 1.70. The van der Waals surface area contributed by atoms with Crippen LogP contribution in [-0.2, 0) is 11.2 Å². The molecule has 0 unspecified atom stereocenters. The molecule has 1 aromatic heterocycles. The average Bonchev–Trinajstić information content (AvgIpc) is 2.47. The number of ether oxygens (including phenoxy) is 2. The van der Waals surface area contributed by atoms with Crippen LogP contribution < -0.4 is 4.74 Å². The molecule has 0 aliphatic carbocycles. The van der Waals surface area contributed by atoms with Gasteiger partial charge in [-0.05, 0) is 36.2 Å². The molecule has 0 aliphatic rings. The third-order valence-corrected chi connectivity index (χ3v) is 2.72. The number of methoxy groups -OCH3 is 1. The maximum atomic E-state index is 11.0. The third kappa shape index (κ3) is 3.55. The molecular formula is C15H15NO4. The first-order chi connectivity index (χ1) is 9.70. The van der Waals surface area contributed by atoms with Gasteiger partial charge in [-0.3, -0.25) is 0 Å². The summed E-state index contributed by atoms with van der Waals surface area (Å²) in [6.45, 7) is 0.659. The number of hydrogen-bond donors (Lipinski definition) is 1. The van der Waals surface area contributed by atoms with Gasteiger partial charge in [0.15, 0.2) is 11.4 Å². The zero-order chi connectivity index (χ0) is 14.4. The van der Waals surface area contributed by atoms with E-state index in [4.69, 9.17) is 14.6 Å². The Hall–Kier alpha value is -2.40. The minimum absolute atomic E-state index is 0.101. The largest absolute Gasteiger partial charge is 0.476 e. The van der Waals surface area contributed by atoms with Crippen LogP contribution in [-0.4, -0.2) is 29.8 Å². The molecule has 1 N–H and O–H groups in total. The molecule has 2 rings (SSSR count). The van der Waals surface area contributed by atoms with Crippen LogP contribution in [0.15, 0.2) is 42.6 Å². The third-order valence-electron chi connectivity index (χ3n) is 2.72. The summed E-state index contributed by atoms with van der Waals surface area (Å²) < 4.78 is 10.6. The van der Waals surface area contributed by atoms with E-state index in [1.165, 1.54) is 6.20 Å². The number of aromatic carboxylic acids is 1. The normalized spacial score (nSPS) is 10.2. The van der Waals surface area contributed by atoms with Crippen molar-refractivity contribution >= 4 is 5.97 Å². The SMILES string of the molecule is COCCc1ccc(Oc2cccnc2C(=O)O)cc1. The lowest BCUT2D eigenvalue weighted by Gasteiger charge is -2.08. The van der Waals surface area contributed by atoms with Crippen LogP contribution in [0.4, 0.5) is 0 Å². The molecule has 2 aromatic rings. The average molecular weight is 273 g/mol. The Balaban J connectivity index is 2.12. The van der Waals surface area contributed by atoms with Crippen molar-refractivity contribution in [3.05, 3.63) is 53.9 Å².